The van der Waals surface area contributed by atoms with E-state index in [1.807, 2.05) is 0 Å². The summed E-state index contributed by atoms with van der Waals surface area (Å²) in [6, 6.07) is 171. The molecule has 0 radical (unpaired) electrons. The second-order valence-electron chi connectivity index (χ2n) is 42.6. The number of anilines is 9. The van der Waals surface area contributed by atoms with Crippen molar-refractivity contribution in [2.24, 2.45) is 0 Å². The largest absolute Gasteiger partial charge is 0.311 e. The van der Waals surface area contributed by atoms with Crippen molar-refractivity contribution in [3.05, 3.63) is 455 Å². The minimum Gasteiger partial charge on any atom is -0.311 e. The number of nitrogens with zero attached hydrogens (tertiary/aromatic N) is 3. The summed E-state index contributed by atoms with van der Waals surface area (Å²) in [4.78, 5) is 7.53. The molecule has 6 aliphatic heterocycles. The van der Waals surface area contributed by atoms with Crippen LogP contribution >= 0.6 is 0 Å². The van der Waals surface area contributed by atoms with E-state index in [0.717, 1.165) is 0 Å². The molecule has 27 rings (SSSR count). The van der Waals surface area contributed by atoms with Gasteiger partial charge >= 0.3 is 0 Å². The average molecular weight is 1910 g/mol. The van der Waals surface area contributed by atoms with Crippen molar-refractivity contribution < 1.29 is 0 Å². The lowest BCUT2D eigenvalue weighted by atomic mass is 9.98. The lowest BCUT2D eigenvalue weighted by Gasteiger charge is -2.32. The summed E-state index contributed by atoms with van der Waals surface area (Å²) in [7, 11) is -11.1. The molecule has 0 spiro atoms. The molecule has 141 heavy (non-hydrogen) atoms. The van der Waals surface area contributed by atoms with Crippen LogP contribution in [0.1, 0.15) is 0 Å². The van der Waals surface area contributed by atoms with Crippen molar-refractivity contribution in [2.75, 3.05) is 14.7 Å². The summed E-state index contributed by atoms with van der Waals surface area (Å²) >= 11 is 0. The fraction of sp³-hybridized carbons (Fsp3) is 0.0909. The Hall–Kier alpha value is -14.9. The molecular weight excluding hydrogens is 1800 g/mol. The highest BCUT2D eigenvalue weighted by Gasteiger charge is 2.46. The van der Waals surface area contributed by atoms with Crippen molar-refractivity contribution in [2.45, 2.75) is 78.6 Å². The summed E-state index contributed by atoms with van der Waals surface area (Å²) in [5, 5.41) is 26.1. The van der Waals surface area contributed by atoms with E-state index in [1.165, 1.54) is 220 Å². The molecule has 0 amide bonds. The molecule has 3 nitrogen and oxygen atoms in total. The van der Waals surface area contributed by atoms with Gasteiger partial charge in [-0.2, -0.15) is 0 Å². The Labute approximate surface area is 835 Å². The summed E-state index contributed by atoms with van der Waals surface area (Å²) in [6.07, 6.45) is 0. The number of hydrogen-bond acceptors (Lipinski definition) is 3. The van der Waals surface area contributed by atoms with Crippen LogP contribution in [0, 0.1) is 0 Å². The molecule has 0 unspecified atom stereocenters. The Morgan fingerprint density at radius 3 is 0.688 bits per heavy atom. The zero-order valence-corrected chi connectivity index (χ0v) is 88.1. The first kappa shape index (κ1) is 87.6. The van der Waals surface area contributed by atoms with Crippen LogP contribution in [0.2, 0.25) is 78.6 Å². The normalized spacial score (nSPS) is 14.7. The van der Waals surface area contributed by atoms with E-state index < -0.39 is 48.4 Å². The molecule has 678 valence electrons. The second kappa shape index (κ2) is 33.4. The maximum absolute atomic E-state index is 2.56. The third-order valence-electron chi connectivity index (χ3n) is 32.6. The topological polar surface area (TPSA) is 9.72 Å². The van der Waals surface area contributed by atoms with Crippen molar-refractivity contribution >= 4 is 194 Å². The Morgan fingerprint density at radius 2 is 0.348 bits per heavy atom. The molecule has 0 saturated heterocycles. The van der Waals surface area contributed by atoms with Gasteiger partial charge in [0.25, 0.3) is 0 Å². The maximum Gasteiger partial charge on any atom is 0.116 e. The molecule has 0 bridgehead atoms. The van der Waals surface area contributed by atoms with Crippen molar-refractivity contribution in [1.82, 2.24) is 0 Å². The molecule has 0 saturated carbocycles. The van der Waals surface area contributed by atoms with Gasteiger partial charge in [0.1, 0.15) is 48.4 Å². The zero-order chi connectivity index (χ0) is 95.7. The SMILES string of the molecule is C[Si]1(C)c2ccccc2-c2cc(N(c3ccc(-c4cccc5ccccc45)cc3)c3ccc4c(c3)[Si](C)(C)c3ccccc3-4)ccc21.C[Si]1(C)c2ccccc2-c2ccc(N(c3ccc(-c4cccc5ccccc45)cc3)c3ccc4c(c3)[Si](C)(C)c3ccccc3-4)cc21.C[Si]1(C)c2ccccc2-c2ccc(N(c3ccc(-c4cccc5ccccc45)cc3)c3cccc4c3[Si](C)(C)c3ccccc3-4)cc21. The molecule has 6 aliphatic rings. The third-order valence-corrected chi connectivity index (χ3v) is 53.9. The summed E-state index contributed by atoms with van der Waals surface area (Å²) in [5.41, 5.74) is 35.4. The van der Waals surface area contributed by atoms with E-state index in [2.05, 4.69) is 548 Å². The van der Waals surface area contributed by atoms with E-state index in [0.29, 0.717) is 0 Å². The van der Waals surface area contributed by atoms with Crippen LogP contribution in [0.3, 0.4) is 0 Å². The highest BCUT2D eigenvalue weighted by molar-refractivity contribution is 7.07. The molecule has 0 atom stereocenters. The van der Waals surface area contributed by atoms with Gasteiger partial charge in [0.2, 0.25) is 0 Å². The van der Waals surface area contributed by atoms with Crippen molar-refractivity contribution in [1.29, 1.82) is 0 Å². The smallest absolute Gasteiger partial charge is 0.116 e. The monoisotopic (exact) mass is 1910 g/mol. The molecular formula is C132H111N3Si6. The minimum atomic E-state index is -1.98. The fourth-order valence-corrected chi connectivity index (χ4v) is 44.2. The molecule has 21 aromatic rings. The Morgan fingerprint density at radius 1 is 0.135 bits per heavy atom. The lowest BCUT2D eigenvalue weighted by Crippen LogP contribution is -2.51. The Kier molecular flexibility index (Phi) is 20.8. The van der Waals surface area contributed by atoms with Crippen LogP contribution in [-0.4, -0.2) is 48.4 Å². The maximum atomic E-state index is 2.56. The number of fused-ring (bicyclic) bond motifs is 21. The molecule has 0 fully saturated rings. The standard InChI is InChI=1S/3C44H37NSi2/c1-46(2)41-21-9-7-16-36(41)38-28-27-33(29-43(38)46)45(40-20-12-19-39-37-17-8-10-22-42(37)47(3,4)44(39)40)32-25-23-31(24-26-32)35-18-11-14-30-13-5-6-15-34(30)35;1-46(2)42-19-10-8-16-38(42)40-28-33(25-27-43(40)46)45(34-24-26-39-37-15-7-9-18-41(37)47(3,4)44(39)29-34)32-22-20-31(21-23-32)36-17-11-13-30-12-5-6-14-35(30)36;1-46(2)41-18-9-7-15-37(41)39-26-24-33(28-43(39)46)45(34-25-27-40-38-16-8-10-19-42(38)47(3,4)44(40)29-34)32-22-20-31(21-23-32)36-17-11-13-30-12-5-6-14-35(30)36/h3*5-29H,1-4H3. The molecule has 21 aromatic carbocycles. The van der Waals surface area contributed by atoms with Crippen LogP contribution in [0.5, 0.6) is 0 Å². The average Bonchev–Trinajstić information content (AvgIpc) is 1.57. The third kappa shape index (κ3) is 14.1. The van der Waals surface area contributed by atoms with Gasteiger partial charge in [-0.1, -0.05) is 430 Å². The number of benzene rings is 21. The van der Waals surface area contributed by atoms with Gasteiger partial charge in [-0.15, -0.1) is 0 Å². The van der Waals surface area contributed by atoms with Crippen molar-refractivity contribution in [3.8, 4) is 100 Å². The van der Waals surface area contributed by atoms with Crippen LogP contribution in [-0.2, 0) is 0 Å². The van der Waals surface area contributed by atoms with E-state index in [-0.39, 0.29) is 0 Å². The quantitative estimate of drug-likeness (QED) is 0.113. The van der Waals surface area contributed by atoms with Gasteiger partial charge in [0, 0.05) is 51.2 Å². The Bertz CT molecular complexity index is 8570. The van der Waals surface area contributed by atoms with E-state index in [1.54, 1.807) is 25.9 Å². The first-order valence-corrected chi connectivity index (χ1v) is 68.1. The Balaban J connectivity index is 0.000000111. The second-order valence-corrected chi connectivity index (χ2v) is 68.5. The van der Waals surface area contributed by atoms with Gasteiger partial charge < -0.3 is 14.7 Å². The summed E-state index contributed by atoms with van der Waals surface area (Å²) < 4.78 is 0. The predicted octanol–water partition coefficient (Wildman–Crippen LogP) is 28.7. The van der Waals surface area contributed by atoms with Crippen molar-refractivity contribution in [3.63, 3.8) is 0 Å². The summed E-state index contributed by atoms with van der Waals surface area (Å²) in [5.74, 6) is 0. The number of hydrogen-bond donors (Lipinski definition) is 0. The van der Waals surface area contributed by atoms with Gasteiger partial charge in [0.05, 0.1) is 0 Å². The van der Waals surface area contributed by atoms with Gasteiger partial charge in [-0.25, -0.2) is 0 Å². The van der Waals surface area contributed by atoms with Crippen LogP contribution < -0.4 is 76.9 Å². The van der Waals surface area contributed by atoms with E-state index in [4.69, 9.17) is 0 Å². The molecule has 9 heteroatoms. The highest BCUT2D eigenvalue weighted by Crippen LogP contribution is 2.48. The van der Waals surface area contributed by atoms with E-state index in [9.17, 15) is 0 Å². The minimum absolute atomic E-state index is 1.17. The van der Waals surface area contributed by atoms with Crippen LogP contribution in [0.15, 0.2) is 455 Å². The van der Waals surface area contributed by atoms with Gasteiger partial charge in [-0.3, -0.25) is 0 Å². The van der Waals surface area contributed by atoms with Crippen LogP contribution in [0.4, 0.5) is 51.2 Å². The number of rotatable bonds is 12. The molecule has 0 aliphatic carbocycles. The zero-order valence-electron chi connectivity index (χ0n) is 82.1. The highest BCUT2D eigenvalue weighted by atomic mass is 28.3. The molecule has 0 aromatic heterocycles. The van der Waals surface area contributed by atoms with E-state index >= 15 is 0 Å². The predicted molar refractivity (Wildman–Crippen MR) is 625 cm³/mol. The molecule has 0 N–H and O–H groups in total. The van der Waals surface area contributed by atoms with Crippen LogP contribution in [0.25, 0.3) is 132 Å². The lowest BCUT2D eigenvalue weighted by molar-refractivity contribution is 1.29. The summed E-state index contributed by atoms with van der Waals surface area (Å²) in [6.45, 7) is 30.1. The van der Waals surface area contributed by atoms with Gasteiger partial charge in [-0.05, 0) is 298 Å². The van der Waals surface area contributed by atoms with Gasteiger partial charge in [0.15, 0.2) is 0 Å². The molecule has 6 heterocycles. The fourth-order valence-electron chi connectivity index (χ4n) is 25.3. The first-order valence-electron chi connectivity index (χ1n) is 50.1. The first-order chi connectivity index (χ1) is 68.5.